The van der Waals surface area contributed by atoms with Gasteiger partial charge >= 0.3 is 6.09 Å². The minimum atomic E-state index is -0.505. The summed E-state index contributed by atoms with van der Waals surface area (Å²) in [7, 11) is 1.66. The lowest BCUT2D eigenvalue weighted by molar-refractivity contribution is -0.118. The van der Waals surface area contributed by atoms with Crippen LogP contribution in [0.4, 0.5) is 16.2 Å². The SMILES string of the molecule is CCn1c(C(N)=O)nc2c1CN(Cc1cc3c(cc1OC)N(C(=O)CCN1CCC(OC(=O)Nc4ccccc4-c4ccccc4)CC1)CC3)C2. The molecule has 0 saturated carbocycles. The highest BCUT2D eigenvalue weighted by molar-refractivity contribution is 5.96. The number of likely N-dealkylation sites (tertiary alicyclic amines) is 1. The van der Waals surface area contributed by atoms with E-state index in [1.807, 2.05) is 77.1 Å². The molecule has 1 saturated heterocycles. The Labute approximate surface area is 298 Å². The number of fused-ring (bicyclic) bond motifs is 2. The first-order valence-corrected chi connectivity index (χ1v) is 17.8. The third-order valence-electron chi connectivity index (χ3n) is 10.2. The van der Waals surface area contributed by atoms with E-state index in [1.165, 1.54) is 0 Å². The van der Waals surface area contributed by atoms with Gasteiger partial charge in [0.1, 0.15) is 11.9 Å². The number of hydrogen-bond acceptors (Lipinski definition) is 8. The second kappa shape index (κ2) is 15.0. The van der Waals surface area contributed by atoms with Gasteiger partial charge in [0, 0.05) is 76.0 Å². The van der Waals surface area contributed by atoms with Crippen LogP contribution in [0.5, 0.6) is 5.75 Å². The van der Waals surface area contributed by atoms with Gasteiger partial charge in [-0.15, -0.1) is 0 Å². The molecule has 4 aromatic rings. The van der Waals surface area contributed by atoms with E-state index in [0.717, 1.165) is 77.4 Å². The Hall–Kier alpha value is -5.20. The largest absolute Gasteiger partial charge is 0.496 e. The van der Waals surface area contributed by atoms with Crippen LogP contribution >= 0.6 is 0 Å². The number of carbonyl (C=O) groups is 3. The maximum atomic E-state index is 13.5. The number of methoxy groups -OCH3 is 1. The van der Waals surface area contributed by atoms with E-state index in [9.17, 15) is 14.4 Å². The standard InChI is InChI=1S/C39H45N7O5/c1-3-45-34-25-44(24-32(34)41-38(45)37(40)48)23-28-21-27-13-20-46(33(27)22-35(28)50-2)36(47)16-19-43-17-14-29(15-18-43)51-39(49)42-31-12-8-7-11-30(31)26-9-5-4-6-10-26/h4-12,21-22,29H,3,13-20,23-25H2,1-2H3,(H2,40,48)(H,42,49). The fourth-order valence-corrected chi connectivity index (χ4v) is 7.63. The molecule has 3 aliphatic rings. The Bertz CT molecular complexity index is 1920. The Morgan fingerprint density at radius 1 is 0.961 bits per heavy atom. The Kier molecular flexibility index (Phi) is 10.0. The summed E-state index contributed by atoms with van der Waals surface area (Å²) < 4.78 is 13.5. The fraction of sp³-hybridized carbons (Fsp3) is 0.385. The molecule has 0 bridgehead atoms. The third-order valence-corrected chi connectivity index (χ3v) is 10.2. The Morgan fingerprint density at radius 2 is 1.73 bits per heavy atom. The summed E-state index contributed by atoms with van der Waals surface area (Å²) in [6.07, 6.45) is 2.03. The Morgan fingerprint density at radius 3 is 2.47 bits per heavy atom. The molecule has 7 rings (SSSR count). The van der Waals surface area contributed by atoms with Crippen molar-refractivity contribution in [3.05, 3.63) is 95.1 Å². The van der Waals surface area contributed by atoms with Crippen LogP contribution in [-0.4, -0.2) is 76.7 Å². The van der Waals surface area contributed by atoms with E-state index in [0.29, 0.717) is 57.2 Å². The zero-order valence-corrected chi connectivity index (χ0v) is 29.3. The number of aromatic nitrogens is 2. The van der Waals surface area contributed by atoms with Crippen molar-refractivity contribution in [1.29, 1.82) is 0 Å². The number of hydrogen-bond donors (Lipinski definition) is 2. The van der Waals surface area contributed by atoms with E-state index in [4.69, 9.17) is 15.2 Å². The summed E-state index contributed by atoms with van der Waals surface area (Å²) in [5, 5.41) is 2.93. The zero-order valence-electron chi connectivity index (χ0n) is 29.3. The van der Waals surface area contributed by atoms with Crippen molar-refractivity contribution >= 4 is 29.3 Å². The molecule has 0 aliphatic carbocycles. The van der Waals surface area contributed by atoms with Crippen LogP contribution in [0, 0.1) is 0 Å². The summed E-state index contributed by atoms with van der Waals surface area (Å²) in [6.45, 7) is 7.43. The summed E-state index contributed by atoms with van der Waals surface area (Å²) in [6, 6.07) is 21.8. The van der Waals surface area contributed by atoms with E-state index in [1.54, 1.807) is 7.11 Å². The summed E-state index contributed by atoms with van der Waals surface area (Å²) in [5.74, 6) is 0.669. The summed E-state index contributed by atoms with van der Waals surface area (Å²) in [5.41, 5.74) is 13.3. The third kappa shape index (κ3) is 7.33. The molecule has 4 heterocycles. The summed E-state index contributed by atoms with van der Waals surface area (Å²) >= 11 is 0. The van der Waals surface area contributed by atoms with Crippen molar-refractivity contribution in [3.63, 3.8) is 0 Å². The monoisotopic (exact) mass is 691 g/mol. The molecule has 1 fully saturated rings. The van der Waals surface area contributed by atoms with Crippen LogP contribution in [0.3, 0.4) is 0 Å². The number of piperidine rings is 1. The number of amides is 3. The van der Waals surface area contributed by atoms with E-state index >= 15 is 0 Å². The van der Waals surface area contributed by atoms with Crippen LogP contribution in [0.15, 0.2) is 66.7 Å². The van der Waals surface area contributed by atoms with Crippen molar-refractivity contribution in [2.75, 3.05) is 43.5 Å². The lowest BCUT2D eigenvalue weighted by Crippen LogP contribution is -2.40. The minimum Gasteiger partial charge on any atom is -0.496 e. The van der Waals surface area contributed by atoms with Crippen molar-refractivity contribution in [2.45, 2.75) is 64.9 Å². The van der Waals surface area contributed by atoms with Crippen molar-refractivity contribution in [3.8, 4) is 16.9 Å². The maximum absolute atomic E-state index is 13.5. The molecule has 3 aromatic carbocycles. The number of rotatable bonds is 11. The molecule has 1 aromatic heterocycles. The second-order valence-corrected chi connectivity index (χ2v) is 13.4. The second-order valence-electron chi connectivity index (χ2n) is 13.4. The van der Waals surface area contributed by atoms with Crippen LogP contribution in [0.2, 0.25) is 0 Å². The van der Waals surface area contributed by atoms with Crippen molar-refractivity contribution < 1.29 is 23.9 Å². The van der Waals surface area contributed by atoms with Crippen LogP contribution in [0.1, 0.15) is 59.3 Å². The number of para-hydroxylation sites is 1. The molecule has 12 heteroatoms. The molecular weight excluding hydrogens is 646 g/mol. The average Bonchev–Trinajstić information content (AvgIpc) is 3.84. The van der Waals surface area contributed by atoms with Gasteiger partial charge in [-0.05, 0) is 49.4 Å². The van der Waals surface area contributed by atoms with Gasteiger partial charge in [-0.1, -0.05) is 48.5 Å². The van der Waals surface area contributed by atoms with Gasteiger partial charge in [0.2, 0.25) is 5.91 Å². The van der Waals surface area contributed by atoms with Crippen molar-refractivity contribution in [2.24, 2.45) is 5.73 Å². The molecule has 0 unspecified atom stereocenters. The number of imidazole rings is 1. The van der Waals surface area contributed by atoms with Gasteiger partial charge < -0.3 is 29.6 Å². The number of anilines is 2. The lowest BCUT2D eigenvalue weighted by Gasteiger charge is -2.32. The normalized spacial score (nSPS) is 16.2. The molecule has 51 heavy (non-hydrogen) atoms. The number of nitrogens with two attached hydrogens (primary N) is 1. The number of nitrogens with zero attached hydrogens (tertiary/aromatic N) is 5. The molecule has 3 amide bonds. The quantitative estimate of drug-likeness (QED) is 0.220. The number of primary amides is 1. The molecule has 0 atom stereocenters. The highest BCUT2D eigenvalue weighted by Crippen LogP contribution is 2.37. The van der Waals surface area contributed by atoms with Crippen LogP contribution < -0.4 is 20.7 Å². The molecule has 3 aliphatic heterocycles. The molecular formula is C39H45N7O5. The molecule has 3 N–H and O–H groups in total. The van der Waals surface area contributed by atoms with E-state index in [2.05, 4.69) is 26.2 Å². The minimum absolute atomic E-state index is 0.0985. The van der Waals surface area contributed by atoms with E-state index in [-0.39, 0.29) is 12.0 Å². The van der Waals surface area contributed by atoms with Gasteiger partial charge in [0.05, 0.1) is 29.9 Å². The maximum Gasteiger partial charge on any atom is 0.411 e. The summed E-state index contributed by atoms with van der Waals surface area (Å²) in [4.78, 5) is 49.1. The van der Waals surface area contributed by atoms with Crippen LogP contribution in [-0.2, 0) is 42.1 Å². The van der Waals surface area contributed by atoms with Gasteiger partial charge in [-0.2, -0.15) is 0 Å². The van der Waals surface area contributed by atoms with Crippen LogP contribution in [0.25, 0.3) is 11.1 Å². The smallest absolute Gasteiger partial charge is 0.411 e. The molecule has 12 nitrogen and oxygen atoms in total. The first-order chi connectivity index (χ1) is 24.8. The van der Waals surface area contributed by atoms with Gasteiger partial charge in [0.25, 0.3) is 5.91 Å². The Balaban J connectivity index is 0.890. The van der Waals surface area contributed by atoms with Gasteiger partial charge in [0.15, 0.2) is 5.82 Å². The fourth-order valence-electron chi connectivity index (χ4n) is 7.63. The predicted molar refractivity (Wildman–Crippen MR) is 194 cm³/mol. The predicted octanol–water partition coefficient (Wildman–Crippen LogP) is 5.19. The zero-order chi connectivity index (χ0) is 35.5. The molecule has 0 spiro atoms. The lowest BCUT2D eigenvalue weighted by atomic mass is 10.0. The van der Waals surface area contributed by atoms with Gasteiger partial charge in [-0.25, -0.2) is 9.78 Å². The number of carbonyl (C=O) groups excluding carboxylic acids is 3. The first-order valence-electron chi connectivity index (χ1n) is 17.8. The highest BCUT2D eigenvalue weighted by atomic mass is 16.6. The molecule has 266 valence electrons. The topological polar surface area (TPSA) is 135 Å². The van der Waals surface area contributed by atoms with E-state index < -0.39 is 12.0 Å². The first kappa shape index (κ1) is 34.3. The van der Waals surface area contributed by atoms with Crippen molar-refractivity contribution in [1.82, 2.24) is 19.4 Å². The average molecular weight is 692 g/mol. The van der Waals surface area contributed by atoms with Gasteiger partial charge in [-0.3, -0.25) is 19.8 Å². The number of nitrogens with one attached hydrogen (secondary N) is 1. The number of ether oxygens (including phenoxy) is 2. The molecule has 0 radical (unpaired) electrons. The highest BCUT2D eigenvalue weighted by Gasteiger charge is 2.31. The number of benzene rings is 3.